The topological polar surface area (TPSA) is 89.0 Å². The normalized spacial score (nSPS) is 12.8. The largest absolute Gasteiger partial charge is 0.350 e. The quantitative estimate of drug-likeness (QED) is 0.742. The van der Waals surface area contributed by atoms with Gasteiger partial charge >= 0.3 is 0 Å². The molecule has 7 heteroatoms. The van der Waals surface area contributed by atoms with E-state index < -0.39 is 0 Å². The van der Waals surface area contributed by atoms with Crippen molar-refractivity contribution in [2.24, 2.45) is 0 Å². The second kappa shape index (κ2) is 5.76. The Kier molecular flexibility index (Phi) is 3.81. The number of nitrogens with one attached hydrogen (secondary N) is 1. The van der Waals surface area contributed by atoms with E-state index in [0.29, 0.717) is 12.1 Å². The van der Waals surface area contributed by atoms with Crippen LogP contribution in [0.25, 0.3) is 0 Å². The lowest BCUT2D eigenvalue weighted by atomic mass is 9.93. The lowest BCUT2D eigenvalue weighted by Gasteiger charge is -2.11. The number of nitrogens with zero attached hydrogens (tertiary/aromatic N) is 2. The number of unbranched alkanes of at least 4 members (excludes halogenated alkanes) is 1. The van der Waals surface area contributed by atoms with E-state index in [1.165, 1.54) is 18.5 Å². The summed E-state index contributed by atoms with van der Waals surface area (Å²) >= 11 is 0.963. The number of fused-ring (bicyclic) bond motifs is 2. The molecule has 1 aliphatic rings. The smallest absolute Gasteiger partial charge is 0.280 e. The molecule has 1 N–H and O–H groups in total. The molecule has 3 rings (SSSR count). The van der Waals surface area contributed by atoms with Crippen molar-refractivity contribution in [3.05, 3.63) is 45.2 Å². The maximum absolute atomic E-state index is 12.4. The third-order valence-electron chi connectivity index (χ3n) is 3.37. The zero-order valence-electron chi connectivity index (χ0n) is 11.9. The van der Waals surface area contributed by atoms with Crippen LogP contribution in [-0.4, -0.2) is 34.0 Å². The molecule has 2 aromatic rings. The lowest BCUT2D eigenvalue weighted by Crippen LogP contribution is -2.24. The van der Waals surface area contributed by atoms with Gasteiger partial charge in [-0.15, -0.1) is 11.3 Å². The van der Waals surface area contributed by atoms with Gasteiger partial charge < -0.3 is 5.32 Å². The van der Waals surface area contributed by atoms with Gasteiger partial charge in [-0.2, -0.15) is 0 Å². The summed E-state index contributed by atoms with van der Waals surface area (Å²) in [7, 11) is 0. The molecular weight excluding hydrogens is 302 g/mol. The van der Waals surface area contributed by atoms with E-state index in [9.17, 15) is 14.4 Å². The highest BCUT2D eigenvalue weighted by Crippen LogP contribution is 2.30. The van der Waals surface area contributed by atoms with Crippen LogP contribution in [0.4, 0.5) is 0 Å². The number of amides is 1. The lowest BCUT2D eigenvalue weighted by molar-refractivity contribution is 0.0951. The number of aromatic nitrogens is 2. The fraction of sp³-hybridized carbons (Fsp3) is 0.267. The van der Waals surface area contributed by atoms with Gasteiger partial charge in [-0.05, 0) is 12.5 Å². The maximum atomic E-state index is 12.4. The van der Waals surface area contributed by atoms with E-state index in [1.54, 1.807) is 0 Å². The third-order valence-corrected chi connectivity index (χ3v) is 4.42. The number of carbonyl (C=O) groups excluding carboxylic acids is 3. The first-order chi connectivity index (χ1) is 10.6. The van der Waals surface area contributed by atoms with Crippen LogP contribution in [0.1, 0.15) is 60.9 Å². The van der Waals surface area contributed by atoms with E-state index in [2.05, 4.69) is 15.3 Å². The van der Waals surface area contributed by atoms with Crippen molar-refractivity contribution in [3.8, 4) is 0 Å². The van der Waals surface area contributed by atoms with Crippen LogP contribution in [0.15, 0.2) is 18.5 Å². The molecule has 0 aliphatic heterocycles. The molecule has 6 nitrogen and oxygen atoms in total. The summed E-state index contributed by atoms with van der Waals surface area (Å²) in [5.41, 5.74) is 0.605. The number of rotatable bonds is 4. The summed E-state index contributed by atoms with van der Waals surface area (Å²) in [6, 6.07) is 1.51. The summed E-state index contributed by atoms with van der Waals surface area (Å²) in [5.74, 6) is -0.991. The van der Waals surface area contributed by atoms with E-state index >= 15 is 0 Å². The minimum atomic E-state index is -0.360. The molecule has 0 radical (unpaired) electrons. The predicted molar refractivity (Wildman–Crippen MR) is 80.5 cm³/mol. The van der Waals surface area contributed by atoms with Crippen LogP contribution in [0, 0.1) is 0 Å². The number of hydrogen-bond acceptors (Lipinski definition) is 6. The van der Waals surface area contributed by atoms with Gasteiger partial charge in [0.25, 0.3) is 5.91 Å². The predicted octanol–water partition coefficient (Wildman–Crippen LogP) is 1.84. The van der Waals surface area contributed by atoms with Gasteiger partial charge in [-0.25, -0.2) is 4.98 Å². The number of carbonyl (C=O) groups is 3. The van der Waals surface area contributed by atoms with Crippen LogP contribution in [0.3, 0.4) is 0 Å². The van der Waals surface area contributed by atoms with Gasteiger partial charge in [0.15, 0.2) is 5.01 Å². The van der Waals surface area contributed by atoms with Crippen LogP contribution < -0.4 is 5.32 Å². The van der Waals surface area contributed by atoms with Crippen molar-refractivity contribution in [1.29, 1.82) is 0 Å². The highest BCUT2D eigenvalue weighted by atomic mass is 32.1. The zero-order valence-corrected chi connectivity index (χ0v) is 12.7. The summed E-state index contributed by atoms with van der Waals surface area (Å²) < 4.78 is 0. The van der Waals surface area contributed by atoms with Crippen LogP contribution in [0.5, 0.6) is 0 Å². The molecule has 0 spiro atoms. The third kappa shape index (κ3) is 2.33. The zero-order chi connectivity index (χ0) is 15.7. The molecule has 2 aromatic heterocycles. The molecule has 0 bridgehead atoms. The molecule has 112 valence electrons. The van der Waals surface area contributed by atoms with Crippen molar-refractivity contribution in [3.63, 3.8) is 0 Å². The van der Waals surface area contributed by atoms with Crippen LogP contribution >= 0.6 is 11.3 Å². The highest BCUT2D eigenvalue weighted by molar-refractivity contribution is 7.16. The number of pyridine rings is 1. The van der Waals surface area contributed by atoms with E-state index in [4.69, 9.17) is 0 Å². The molecule has 2 heterocycles. The molecule has 0 unspecified atom stereocenters. The second-order valence-corrected chi connectivity index (χ2v) is 5.88. The van der Waals surface area contributed by atoms with Crippen molar-refractivity contribution in [1.82, 2.24) is 15.3 Å². The van der Waals surface area contributed by atoms with E-state index in [0.717, 1.165) is 24.2 Å². The molecular formula is C15H13N3O3S. The van der Waals surface area contributed by atoms with Crippen molar-refractivity contribution < 1.29 is 14.4 Å². The second-order valence-electron chi connectivity index (χ2n) is 4.89. The molecule has 0 saturated carbocycles. The first kappa shape index (κ1) is 14.5. The molecule has 0 aromatic carbocycles. The fourth-order valence-electron chi connectivity index (χ4n) is 2.20. The standard InChI is InChI=1S/C15H13N3O3S/c1-2-3-5-17-14(21)15-18-10-11(19)9-7-16-6-4-8(9)12(20)13(10)22-15/h4,6-7H,2-3,5H2,1H3,(H,17,21). The maximum Gasteiger partial charge on any atom is 0.280 e. The average Bonchev–Trinajstić information content (AvgIpc) is 2.98. The first-order valence-corrected chi connectivity index (χ1v) is 7.77. The Morgan fingerprint density at radius 3 is 2.86 bits per heavy atom. The monoisotopic (exact) mass is 315 g/mol. The fourth-order valence-corrected chi connectivity index (χ4v) is 3.14. The van der Waals surface area contributed by atoms with Gasteiger partial charge in [0.1, 0.15) is 10.6 Å². The summed E-state index contributed by atoms with van der Waals surface area (Å²) in [6.45, 7) is 2.57. The Labute approximate surface area is 130 Å². The molecule has 0 saturated heterocycles. The van der Waals surface area contributed by atoms with Gasteiger partial charge in [-0.3, -0.25) is 19.4 Å². The first-order valence-electron chi connectivity index (χ1n) is 6.96. The Balaban J connectivity index is 1.94. The Bertz CT molecular complexity index is 730. The minimum absolute atomic E-state index is 0.0520. The number of thiazole rings is 1. The van der Waals surface area contributed by atoms with Gasteiger partial charge in [0.05, 0.1) is 5.56 Å². The Morgan fingerprint density at radius 2 is 2.09 bits per heavy atom. The summed E-state index contributed by atoms with van der Waals surface area (Å²) in [4.78, 5) is 45.0. The van der Waals surface area contributed by atoms with E-state index in [-0.39, 0.29) is 38.6 Å². The van der Waals surface area contributed by atoms with Crippen LogP contribution in [-0.2, 0) is 0 Å². The summed E-state index contributed by atoms with van der Waals surface area (Å²) in [6.07, 6.45) is 4.66. The van der Waals surface area contributed by atoms with Crippen LogP contribution in [0.2, 0.25) is 0 Å². The van der Waals surface area contributed by atoms with E-state index in [1.807, 2.05) is 6.92 Å². The van der Waals surface area contributed by atoms with Crippen molar-refractivity contribution in [2.75, 3.05) is 6.54 Å². The molecule has 22 heavy (non-hydrogen) atoms. The van der Waals surface area contributed by atoms with Crippen molar-refractivity contribution >= 4 is 28.8 Å². The summed E-state index contributed by atoms with van der Waals surface area (Å²) in [5, 5.41) is 2.88. The molecule has 0 fully saturated rings. The Hall–Kier alpha value is -2.41. The number of hydrogen-bond donors (Lipinski definition) is 1. The average molecular weight is 315 g/mol. The van der Waals surface area contributed by atoms with Gasteiger partial charge in [-0.1, -0.05) is 13.3 Å². The highest BCUT2D eigenvalue weighted by Gasteiger charge is 2.34. The molecule has 1 aliphatic carbocycles. The number of ketones is 2. The molecule has 1 amide bonds. The Morgan fingerprint density at radius 1 is 1.27 bits per heavy atom. The van der Waals surface area contributed by atoms with Crippen molar-refractivity contribution in [2.45, 2.75) is 19.8 Å². The van der Waals surface area contributed by atoms with Gasteiger partial charge in [0.2, 0.25) is 11.6 Å². The minimum Gasteiger partial charge on any atom is -0.350 e. The molecule has 0 atom stereocenters. The SMILES string of the molecule is CCCCNC(=O)c1nc2c(s1)C(=O)c1ccncc1C2=O. The van der Waals surface area contributed by atoms with Gasteiger partial charge in [0, 0.05) is 24.5 Å².